The maximum absolute atomic E-state index is 12.3. The molecule has 1 saturated heterocycles. The fourth-order valence-corrected chi connectivity index (χ4v) is 4.18. The maximum Gasteiger partial charge on any atom is 0.266 e. The van der Waals surface area contributed by atoms with Crippen molar-refractivity contribution in [1.29, 1.82) is 0 Å². The van der Waals surface area contributed by atoms with E-state index in [1.165, 1.54) is 17.3 Å². The van der Waals surface area contributed by atoms with Crippen LogP contribution in [0.4, 0.5) is 0 Å². The second kappa shape index (κ2) is 9.26. The van der Waals surface area contributed by atoms with Gasteiger partial charge in [-0.15, -0.1) is 0 Å². The first-order valence-corrected chi connectivity index (χ1v) is 10.4. The van der Waals surface area contributed by atoms with Crippen LogP contribution >= 0.6 is 24.0 Å². The van der Waals surface area contributed by atoms with Gasteiger partial charge in [0.1, 0.15) is 29.0 Å². The van der Waals surface area contributed by atoms with E-state index in [1.807, 2.05) is 57.2 Å². The first-order chi connectivity index (χ1) is 13.5. The average molecular weight is 414 g/mol. The van der Waals surface area contributed by atoms with Gasteiger partial charge in [-0.3, -0.25) is 9.69 Å². The third-order valence-electron chi connectivity index (χ3n) is 4.30. The fraction of sp³-hybridized carbons (Fsp3) is 0.273. The molecule has 4 nitrogen and oxygen atoms in total. The number of carbonyl (C=O) groups is 1. The van der Waals surface area contributed by atoms with E-state index in [9.17, 15) is 4.79 Å². The van der Waals surface area contributed by atoms with Crippen LogP contribution in [0, 0.1) is 13.8 Å². The Balaban J connectivity index is 1.58. The Bertz CT molecular complexity index is 924. The van der Waals surface area contributed by atoms with E-state index in [4.69, 9.17) is 21.7 Å². The molecule has 0 aliphatic carbocycles. The topological polar surface area (TPSA) is 38.8 Å². The molecule has 6 heteroatoms. The van der Waals surface area contributed by atoms with Gasteiger partial charge in [0.15, 0.2) is 0 Å². The second-order valence-corrected chi connectivity index (χ2v) is 8.14. The zero-order valence-electron chi connectivity index (χ0n) is 16.2. The number of benzene rings is 2. The molecule has 3 rings (SSSR count). The van der Waals surface area contributed by atoms with Crippen molar-refractivity contribution in [3.8, 4) is 11.5 Å². The summed E-state index contributed by atoms with van der Waals surface area (Å²) in [5, 5.41) is 0. The van der Waals surface area contributed by atoms with Crippen LogP contribution in [0.3, 0.4) is 0 Å². The van der Waals surface area contributed by atoms with E-state index < -0.39 is 0 Å². The fourth-order valence-electron chi connectivity index (χ4n) is 2.79. The Labute approximate surface area is 175 Å². The van der Waals surface area contributed by atoms with Crippen molar-refractivity contribution in [2.45, 2.75) is 20.8 Å². The number of amides is 1. The van der Waals surface area contributed by atoms with Crippen molar-refractivity contribution in [2.24, 2.45) is 0 Å². The summed E-state index contributed by atoms with van der Waals surface area (Å²) in [5.41, 5.74) is 3.18. The lowest BCUT2D eigenvalue weighted by Gasteiger charge is -2.11. The first kappa shape index (κ1) is 20.4. The van der Waals surface area contributed by atoms with E-state index in [0.717, 1.165) is 22.6 Å². The summed E-state index contributed by atoms with van der Waals surface area (Å²) in [6.45, 7) is 7.48. The van der Waals surface area contributed by atoms with Crippen molar-refractivity contribution in [1.82, 2.24) is 4.90 Å². The number of aryl methyl sites for hydroxylation is 2. The highest BCUT2D eigenvalue weighted by molar-refractivity contribution is 8.26. The predicted molar refractivity (Wildman–Crippen MR) is 119 cm³/mol. The van der Waals surface area contributed by atoms with Crippen LogP contribution in [-0.2, 0) is 4.79 Å². The molecule has 0 saturated carbocycles. The van der Waals surface area contributed by atoms with Crippen molar-refractivity contribution in [2.75, 3.05) is 19.8 Å². The van der Waals surface area contributed by atoms with Crippen LogP contribution in [0.2, 0.25) is 0 Å². The lowest BCUT2D eigenvalue weighted by molar-refractivity contribution is -0.121. The van der Waals surface area contributed by atoms with Gasteiger partial charge in [-0.25, -0.2) is 0 Å². The van der Waals surface area contributed by atoms with Gasteiger partial charge < -0.3 is 9.47 Å². The molecule has 0 radical (unpaired) electrons. The van der Waals surface area contributed by atoms with Gasteiger partial charge in [0.2, 0.25) is 0 Å². The summed E-state index contributed by atoms with van der Waals surface area (Å²) in [6, 6.07) is 13.8. The van der Waals surface area contributed by atoms with Gasteiger partial charge in [-0.05, 0) is 61.7 Å². The minimum absolute atomic E-state index is 0.0363. The smallest absolute Gasteiger partial charge is 0.266 e. The number of nitrogens with zero attached hydrogens (tertiary/aromatic N) is 1. The third-order valence-corrected chi connectivity index (χ3v) is 5.68. The molecule has 1 aliphatic heterocycles. The normalized spacial score (nSPS) is 15.4. The Morgan fingerprint density at radius 1 is 1.11 bits per heavy atom. The predicted octanol–water partition coefficient (Wildman–Crippen LogP) is 4.98. The molecule has 0 atom stereocenters. The Morgan fingerprint density at radius 2 is 1.89 bits per heavy atom. The zero-order chi connectivity index (χ0) is 20.1. The molecule has 1 aliphatic rings. The van der Waals surface area contributed by atoms with E-state index in [0.29, 0.717) is 29.0 Å². The van der Waals surface area contributed by atoms with Crippen molar-refractivity contribution >= 4 is 40.3 Å². The largest absolute Gasteiger partial charge is 0.490 e. The standard InChI is InChI=1S/C22H23NO3S2/c1-4-23-21(24)20(28-22(23)27)14-17-6-5-7-18(13-17)25-10-11-26-19-12-15(2)8-9-16(19)3/h5-9,12-14H,4,10-11H2,1-3H3/b20-14-. The molecule has 0 N–H and O–H groups in total. The summed E-state index contributed by atoms with van der Waals surface area (Å²) in [7, 11) is 0. The number of hydrogen-bond donors (Lipinski definition) is 0. The minimum atomic E-state index is -0.0363. The highest BCUT2D eigenvalue weighted by Crippen LogP contribution is 2.32. The van der Waals surface area contributed by atoms with Gasteiger partial charge in [0.25, 0.3) is 5.91 Å². The Hall–Kier alpha value is -2.31. The van der Waals surface area contributed by atoms with E-state index in [-0.39, 0.29) is 5.91 Å². The number of likely N-dealkylation sites (N-methyl/N-ethyl adjacent to an activating group) is 1. The molecule has 1 fully saturated rings. The molecule has 0 bridgehead atoms. The van der Waals surface area contributed by atoms with Gasteiger partial charge in [-0.1, -0.05) is 48.2 Å². The highest BCUT2D eigenvalue weighted by Gasteiger charge is 2.30. The van der Waals surface area contributed by atoms with E-state index >= 15 is 0 Å². The maximum atomic E-state index is 12.3. The molecule has 0 spiro atoms. The quantitative estimate of drug-likeness (QED) is 0.364. The molecule has 0 aromatic heterocycles. The first-order valence-electron chi connectivity index (χ1n) is 9.16. The minimum Gasteiger partial charge on any atom is -0.490 e. The van der Waals surface area contributed by atoms with Crippen LogP contribution in [0.25, 0.3) is 6.08 Å². The zero-order valence-corrected chi connectivity index (χ0v) is 17.9. The monoisotopic (exact) mass is 413 g/mol. The number of hydrogen-bond acceptors (Lipinski definition) is 5. The van der Waals surface area contributed by atoms with Crippen LogP contribution in [0.5, 0.6) is 11.5 Å². The van der Waals surface area contributed by atoms with Gasteiger partial charge in [-0.2, -0.15) is 0 Å². The third kappa shape index (κ3) is 4.94. The number of ether oxygens (including phenoxy) is 2. The SMILES string of the molecule is CCN1C(=O)/C(=C/c2cccc(OCCOc3cc(C)ccc3C)c2)SC1=S. The van der Waals surface area contributed by atoms with Crippen LogP contribution in [0.1, 0.15) is 23.6 Å². The average Bonchev–Trinajstić information content (AvgIpc) is 2.94. The Morgan fingerprint density at radius 3 is 2.64 bits per heavy atom. The summed E-state index contributed by atoms with van der Waals surface area (Å²) >= 11 is 6.59. The molecule has 2 aromatic rings. The summed E-state index contributed by atoms with van der Waals surface area (Å²) in [4.78, 5) is 14.6. The van der Waals surface area contributed by atoms with Gasteiger partial charge >= 0.3 is 0 Å². The molecule has 2 aromatic carbocycles. The number of carbonyl (C=O) groups excluding carboxylic acids is 1. The molecule has 1 amide bonds. The molecule has 0 unspecified atom stereocenters. The lowest BCUT2D eigenvalue weighted by Crippen LogP contribution is -2.27. The number of thioether (sulfide) groups is 1. The highest BCUT2D eigenvalue weighted by atomic mass is 32.2. The summed E-state index contributed by atoms with van der Waals surface area (Å²) in [6.07, 6.45) is 1.86. The lowest BCUT2D eigenvalue weighted by atomic mass is 10.1. The Kier molecular flexibility index (Phi) is 6.75. The molecular weight excluding hydrogens is 390 g/mol. The van der Waals surface area contributed by atoms with E-state index in [2.05, 4.69) is 12.1 Å². The molecule has 1 heterocycles. The summed E-state index contributed by atoms with van der Waals surface area (Å²) < 4.78 is 12.2. The van der Waals surface area contributed by atoms with E-state index in [1.54, 1.807) is 4.90 Å². The molecule has 146 valence electrons. The van der Waals surface area contributed by atoms with Crippen LogP contribution in [-0.4, -0.2) is 34.9 Å². The van der Waals surface area contributed by atoms with Crippen LogP contribution in [0.15, 0.2) is 47.4 Å². The number of rotatable bonds is 7. The van der Waals surface area contributed by atoms with Crippen molar-refractivity contribution in [3.05, 3.63) is 64.1 Å². The van der Waals surface area contributed by atoms with Crippen molar-refractivity contribution in [3.63, 3.8) is 0 Å². The van der Waals surface area contributed by atoms with Gasteiger partial charge in [0.05, 0.1) is 4.91 Å². The molecule has 28 heavy (non-hydrogen) atoms. The van der Waals surface area contributed by atoms with Crippen LogP contribution < -0.4 is 9.47 Å². The molecular formula is C22H23NO3S2. The second-order valence-electron chi connectivity index (χ2n) is 6.46. The van der Waals surface area contributed by atoms with Gasteiger partial charge in [0, 0.05) is 6.54 Å². The summed E-state index contributed by atoms with van der Waals surface area (Å²) in [5.74, 6) is 1.59. The number of thiocarbonyl (C=S) groups is 1. The van der Waals surface area contributed by atoms with Crippen molar-refractivity contribution < 1.29 is 14.3 Å².